The highest BCUT2D eigenvalue weighted by molar-refractivity contribution is 8.05. The maximum Gasteiger partial charge on any atom is 0.249 e. The first-order valence-electron chi connectivity index (χ1n) is 12.3. The summed E-state index contributed by atoms with van der Waals surface area (Å²) in [5.74, 6) is 0. The lowest BCUT2D eigenvalue weighted by molar-refractivity contribution is 0.0379. The third-order valence-electron chi connectivity index (χ3n) is 6.52. The van der Waals surface area contributed by atoms with E-state index >= 15 is 0 Å². The quantitative estimate of drug-likeness (QED) is 0.294. The van der Waals surface area contributed by atoms with Gasteiger partial charge in [0, 0.05) is 62.5 Å². The van der Waals surface area contributed by atoms with E-state index in [1.54, 1.807) is 42.0 Å². The molecule has 0 aliphatic carbocycles. The number of aryl methyl sites for hydroxylation is 1. The molecule has 1 saturated heterocycles. The first-order valence-corrected chi connectivity index (χ1v) is 13.9. The molecular weight excluding hydrogens is 502 g/mol. The van der Waals surface area contributed by atoms with Crippen LogP contribution >= 0.6 is 23.5 Å². The van der Waals surface area contributed by atoms with E-state index in [1.165, 1.54) is 25.1 Å². The summed E-state index contributed by atoms with van der Waals surface area (Å²) in [4.78, 5) is 30.6. The van der Waals surface area contributed by atoms with Gasteiger partial charge in [-0.05, 0) is 49.7 Å². The average molecular weight is 530 g/mol. The Hall–Kier alpha value is -3.27. The molecule has 7 nitrogen and oxygen atoms in total. The highest BCUT2D eigenvalue weighted by atomic mass is 32.2. The Balaban J connectivity index is 1.22. The van der Waals surface area contributed by atoms with Crippen LogP contribution in [0.15, 0.2) is 91.5 Å². The molecule has 0 amide bonds. The molecule has 2 unspecified atom stereocenters. The molecule has 2 atom stereocenters. The number of nitrogens with zero attached hydrogens (tertiary/aromatic N) is 3. The van der Waals surface area contributed by atoms with Gasteiger partial charge in [0.1, 0.15) is 6.10 Å². The number of aromatic amines is 1. The second-order valence-electron chi connectivity index (χ2n) is 9.21. The first-order chi connectivity index (χ1) is 18.0. The summed E-state index contributed by atoms with van der Waals surface area (Å²) in [5.41, 5.74) is 4.95. The summed E-state index contributed by atoms with van der Waals surface area (Å²) >= 11 is 3.60. The maximum absolute atomic E-state index is 11.8. The highest BCUT2D eigenvalue weighted by Crippen LogP contribution is 2.52. The van der Waals surface area contributed by atoms with Crippen LogP contribution in [0.25, 0.3) is 0 Å². The summed E-state index contributed by atoms with van der Waals surface area (Å²) < 4.78 is 6.24. The minimum Gasteiger partial charge on any atom is -0.377 e. The molecule has 0 spiro atoms. The number of pyridine rings is 1. The number of benzene rings is 2. The van der Waals surface area contributed by atoms with E-state index in [9.17, 15) is 4.79 Å². The lowest BCUT2D eigenvalue weighted by Gasteiger charge is -2.36. The third-order valence-corrected chi connectivity index (χ3v) is 9.13. The van der Waals surface area contributed by atoms with E-state index in [1.807, 2.05) is 19.2 Å². The first kappa shape index (κ1) is 24.1. The highest BCUT2D eigenvalue weighted by Gasteiger charge is 2.28. The zero-order valence-corrected chi connectivity index (χ0v) is 22.2. The van der Waals surface area contributed by atoms with Crippen LogP contribution in [-0.2, 0) is 4.74 Å². The number of nitrogens with one attached hydrogen (secondary N) is 2. The van der Waals surface area contributed by atoms with Crippen molar-refractivity contribution in [2.45, 2.75) is 45.6 Å². The monoisotopic (exact) mass is 529 g/mol. The Kier molecular flexibility index (Phi) is 6.67. The zero-order chi connectivity index (χ0) is 25.4. The second kappa shape index (κ2) is 10.2. The number of anilines is 2. The van der Waals surface area contributed by atoms with Crippen LogP contribution in [0.2, 0.25) is 0 Å². The molecule has 2 aromatic carbocycles. The molecule has 4 aromatic rings. The SMILES string of the molecule is Cc1cncc(C(C)Nc2ccc3c(c2)Sc2cccc(C4CN(c5cc[nH]c(=O)c5)CCO4)c2S3)n1. The van der Waals surface area contributed by atoms with Crippen molar-refractivity contribution in [3.63, 3.8) is 0 Å². The second-order valence-corrected chi connectivity index (χ2v) is 11.3. The Morgan fingerprint density at radius 3 is 2.89 bits per heavy atom. The molecule has 2 aromatic heterocycles. The Morgan fingerprint density at radius 2 is 2.03 bits per heavy atom. The van der Waals surface area contributed by atoms with E-state index in [2.05, 4.69) is 68.5 Å². The summed E-state index contributed by atoms with van der Waals surface area (Å²) in [7, 11) is 0. The molecule has 1 fully saturated rings. The maximum atomic E-state index is 11.8. The van der Waals surface area contributed by atoms with E-state index in [4.69, 9.17) is 4.74 Å². The fourth-order valence-corrected chi connectivity index (χ4v) is 7.13. The Morgan fingerprint density at radius 1 is 1.11 bits per heavy atom. The van der Waals surface area contributed by atoms with Crippen LogP contribution < -0.4 is 15.8 Å². The van der Waals surface area contributed by atoms with Crippen molar-refractivity contribution in [1.29, 1.82) is 0 Å². The third kappa shape index (κ3) is 5.12. The smallest absolute Gasteiger partial charge is 0.249 e. The normalized spacial score (nSPS) is 17.6. The molecule has 0 bridgehead atoms. The number of hydrogen-bond donors (Lipinski definition) is 2. The van der Waals surface area contributed by atoms with Crippen LogP contribution in [0.1, 0.15) is 36.0 Å². The van der Waals surface area contributed by atoms with Gasteiger partial charge in [0.05, 0.1) is 30.2 Å². The Labute approximate surface area is 224 Å². The van der Waals surface area contributed by atoms with Gasteiger partial charge in [-0.15, -0.1) is 0 Å². The van der Waals surface area contributed by atoms with Gasteiger partial charge in [-0.25, -0.2) is 0 Å². The number of aromatic nitrogens is 3. The standard InChI is InChI=1S/C28H27N5O2S2/c1-17-14-29-15-22(31-17)18(2)32-19-6-7-24-26(12-19)36-25-5-3-4-21(28(25)37-24)23-16-33(10-11-35-23)20-8-9-30-27(34)13-20/h3-9,12-15,18,23,32H,10-11,16H2,1-2H3,(H,30,34). The van der Waals surface area contributed by atoms with Gasteiger partial charge in [-0.1, -0.05) is 35.7 Å². The molecule has 37 heavy (non-hydrogen) atoms. The van der Waals surface area contributed by atoms with Crippen LogP contribution in [0, 0.1) is 6.92 Å². The van der Waals surface area contributed by atoms with Crippen LogP contribution in [0.3, 0.4) is 0 Å². The molecule has 6 rings (SSSR count). The molecule has 2 aliphatic heterocycles. The van der Waals surface area contributed by atoms with E-state index in [0.29, 0.717) is 13.2 Å². The van der Waals surface area contributed by atoms with Crippen molar-refractivity contribution in [2.75, 3.05) is 29.9 Å². The fraction of sp³-hybridized carbons (Fsp3) is 0.250. The number of fused-ring (bicyclic) bond motifs is 2. The summed E-state index contributed by atoms with van der Waals surface area (Å²) in [6.07, 6.45) is 5.23. The topological polar surface area (TPSA) is 83.1 Å². The molecule has 4 heterocycles. The minimum absolute atomic E-state index is 0.0529. The van der Waals surface area contributed by atoms with Gasteiger partial charge in [0.15, 0.2) is 0 Å². The van der Waals surface area contributed by atoms with Crippen LogP contribution in [0.5, 0.6) is 0 Å². The lowest BCUT2D eigenvalue weighted by Crippen LogP contribution is -2.39. The number of rotatable bonds is 5. The summed E-state index contributed by atoms with van der Waals surface area (Å²) in [6.45, 7) is 6.16. The van der Waals surface area contributed by atoms with Crippen molar-refractivity contribution in [1.82, 2.24) is 15.0 Å². The summed E-state index contributed by atoms with van der Waals surface area (Å²) in [6, 6.07) is 16.7. The predicted octanol–water partition coefficient (Wildman–Crippen LogP) is 5.84. The number of hydrogen-bond acceptors (Lipinski definition) is 8. The average Bonchev–Trinajstić information content (AvgIpc) is 2.91. The fourth-order valence-electron chi connectivity index (χ4n) is 4.68. The molecule has 0 saturated carbocycles. The molecule has 188 valence electrons. The largest absolute Gasteiger partial charge is 0.377 e. The van der Waals surface area contributed by atoms with Gasteiger partial charge in [-0.3, -0.25) is 14.8 Å². The van der Waals surface area contributed by atoms with Crippen LogP contribution in [0.4, 0.5) is 11.4 Å². The lowest BCUT2D eigenvalue weighted by atomic mass is 10.1. The van der Waals surface area contributed by atoms with E-state index < -0.39 is 0 Å². The number of morpholine rings is 1. The number of H-pyrrole nitrogens is 1. The molecular formula is C28H27N5O2S2. The van der Waals surface area contributed by atoms with Gasteiger partial charge in [0.25, 0.3) is 0 Å². The molecule has 2 aliphatic rings. The van der Waals surface area contributed by atoms with Gasteiger partial charge < -0.3 is 19.9 Å². The van der Waals surface area contributed by atoms with Crippen molar-refractivity contribution < 1.29 is 4.74 Å². The molecule has 9 heteroatoms. The zero-order valence-electron chi connectivity index (χ0n) is 20.6. The minimum atomic E-state index is -0.0868. The van der Waals surface area contributed by atoms with Crippen molar-refractivity contribution in [2.24, 2.45) is 0 Å². The Bertz CT molecular complexity index is 1510. The summed E-state index contributed by atoms with van der Waals surface area (Å²) in [5, 5.41) is 3.57. The van der Waals surface area contributed by atoms with Crippen molar-refractivity contribution in [3.8, 4) is 0 Å². The van der Waals surface area contributed by atoms with Crippen molar-refractivity contribution >= 4 is 34.9 Å². The number of ether oxygens (including phenoxy) is 1. The van der Waals surface area contributed by atoms with Crippen LogP contribution in [-0.4, -0.2) is 34.6 Å². The van der Waals surface area contributed by atoms with Gasteiger partial charge in [-0.2, -0.15) is 0 Å². The van der Waals surface area contributed by atoms with Gasteiger partial charge >= 0.3 is 0 Å². The van der Waals surface area contributed by atoms with Crippen molar-refractivity contribution in [3.05, 3.63) is 94.4 Å². The van der Waals surface area contributed by atoms with E-state index in [-0.39, 0.29) is 17.7 Å². The van der Waals surface area contributed by atoms with Gasteiger partial charge in [0.2, 0.25) is 5.56 Å². The molecule has 0 radical (unpaired) electrons. The molecule has 2 N–H and O–H groups in total. The van der Waals surface area contributed by atoms with E-state index in [0.717, 1.165) is 29.3 Å². The predicted molar refractivity (Wildman–Crippen MR) is 148 cm³/mol.